The predicted octanol–water partition coefficient (Wildman–Crippen LogP) is 4.81. The molecule has 2 aromatic carbocycles. The van der Waals surface area contributed by atoms with Crippen molar-refractivity contribution in [1.29, 1.82) is 0 Å². The molecule has 0 spiro atoms. The third-order valence-corrected chi connectivity index (χ3v) is 4.02. The van der Waals surface area contributed by atoms with Gasteiger partial charge < -0.3 is 4.98 Å². The maximum atomic E-state index is 12.6. The second-order valence-corrected chi connectivity index (χ2v) is 5.44. The minimum Gasteiger partial charge on any atom is -0.360 e. The van der Waals surface area contributed by atoms with E-state index in [0.29, 0.717) is 16.1 Å². The van der Waals surface area contributed by atoms with Crippen LogP contribution in [0.3, 0.4) is 0 Å². The Kier molecular flexibility index (Phi) is 3.17. The first-order valence-corrected chi connectivity index (χ1v) is 6.90. The Morgan fingerprint density at radius 2 is 1.84 bits per heavy atom. The standard InChI is InChI=1S/C15H9BrClNO/c16-11-5-2-1-4-9(11)15(19)10-8-18-13-7-3-6-12(17)14(10)13/h1-8,18H. The highest BCUT2D eigenvalue weighted by Crippen LogP contribution is 2.29. The van der Waals surface area contributed by atoms with Crippen LogP contribution in [0.5, 0.6) is 0 Å². The Labute approximate surface area is 123 Å². The summed E-state index contributed by atoms with van der Waals surface area (Å²) in [5, 5.41) is 1.35. The molecule has 1 heterocycles. The average molecular weight is 335 g/mol. The molecule has 19 heavy (non-hydrogen) atoms. The third kappa shape index (κ3) is 2.09. The number of hydrogen-bond acceptors (Lipinski definition) is 1. The zero-order valence-corrected chi connectivity index (χ0v) is 12.1. The van der Waals surface area contributed by atoms with E-state index in [1.54, 1.807) is 18.3 Å². The second-order valence-electron chi connectivity index (χ2n) is 4.17. The fraction of sp³-hybridized carbons (Fsp3) is 0. The molecule has 0 aliphatic carbocycles. The van der Waals surface area contributed by atoms with Gasteiger partial charge in [-0.3, -0.25) is 4.79 Å². The number of fused-ring (bicyclic) bond motifs is 1. The van der Waals surface area contributed by atoms with Gasteiger partial charge in [-0.15, -0.1) is 0 Å². The Balaban J connectivity index is 2.21. The number of benzene rings is 2. The molecule has 1 aromatic heterocycles. The van der Waals surface area contributed by atoms with Crippen molar-refractivity contribution >= 4 is 44.2 Å². The summed E-state index contributed by atoms with van der Waals surface area (Å²) in [5.74, 6) is -0.0492. The van der Waals surface area contributed by atoms with Crippen LogP contribution in [-0.2, 0) is 0 Å². The Hall–Kier alpha value is -1.58. The molecular weight excluding hydrogens is 326 g/mol. The summed E-state index contributed by atoms with van der Waals surface area (Å²) in [6, 6.07) is 12.9. The van der Waals surface area contributed by atoms with Gasteiger partial charge in [0.15, 0.2) is 5.78 Å². The van der Waals surface area contributed by atoms with Crippen molar-refractivity contribution in [2.75, 3.05) is 0 Å². The number of aromatic nitrogens is 1. The van der Waals surface area contributed by atoms with Gasteiger partial charge in [0.2, 0.25) is 0 Å². The zero-order valence-electron chi connectivity index (χ0n) is 9.78. The molecule has 94 valence electrons. The highest BCUT2D eigenvalue weighted by molar-refractivity contribution is 9.10. The first kappa shape index (κ1) is 12.5. The van der Waals surface area contributed by atoms with Crippen LogP contribution in [0.25, 0.3) is 10.9 Å². The smallest absolute Gasteiger partial charge is 0.196 e. The number of nitrogens with one attached hydrogen (secondary N) is 1. The van der Waals surface area contributed by atoms with E-state index in [2.05, 4.69) is 20.9 Å². The fourth-order valence-corrected chi connectivity index (χ4v) is 2.85. The van der Waals surface area contributed by atoms with Gasteiger partial charge in [0.25, 0.3) is 0 Å². The molecule has 0 bridgehead atoms. The molecule has 4 heteroatoms. The number of hydrogen-bond donors (Lipinski definition) is 1. The van der Waals surface area contributed by atoms with Crippen molar-refractivity contribution in [3.05, 3.63) is 69.3 Å². The first-order chi connectivity index (χ1) is 9.18. The molecule has 0 saturated carbocycles. The Morgan fingerprint density at radius 3 is 2.63 bits per heavy atom. The average Bonchev–Trinajstić information content (AvgIpc) is 2.84. The molecule has 2 nitrogen and oxygen atoms in total. The van der Waals surface area contributed by atoms with Gasteiger partial charge in [-0.05, 0) is 24.3 Å². The number of carbonyl (C=O) groups excluding carboxylic acids is 1. The van der Waals surface area contributed by atoms with Crippen molar-refractivity contribution in [2.24, 2.45) is 0 Å². The lowest BCUT2D eigenvalue weighted by atomic mass is 10.0. The van der Waals surface area contributed by atoms with Crippen molar-refractivity contribution in [2.45, 2.75) is 0 Å². The molecule has 0 aliphatic heterocycles. The summed E-state index contributed by atoms with van der Waals surface area (Å²) in [6.45, 7) is 0. The molecule has 0 unspecified atom stereocenters. The van der Waals surface area contributed by atoms with Crippen LogP contribution in [0.1, 0.15) is 15.9 Å². The lowest BCUT2D eigenvalue weighted by molar-refractivity contribution is 0.103. The fourth-order valence-electron chi connectivity index (χ4n) is 2.11. The molecule has 0 aliphatic rings. The molecule has 0 atom stereocenters. The van der Waals surface area contributed by atoms with Crippen LogP contribution in [-0.4, -0.2) is 10.8 Å². The summed E-state index contributed by atoms with van der Waals surface area (Å²) in [6.07, 6.45) is 1.71. The highest BCUT2D eigenvalue weighted by atomic mass is 79.9. The summed E-state index contributed by atoms with van der Waals surface area (Å²) in [7, 11) is 0. The molecule has 0 saturated heterocycles. The van der Waals surface area contributed by atoms with Crippen LogP contribution < -0.4 is 0 Å². The van der Waals surface area contributed by atoms with Crippen LogP contribution in [0, 0.1) is 0 Å². The van der Waals surface area contributed by atoms with Crippen molar-refractivity contribution in [3.8, 4) is 0 Å². The first-order valence-electron chi connectivity index (χ1n) is 5.73. The molecule has 3 aromatic rings. The van der Waals surface area contributed by atoms with Gasteiger partial charge in [0, 0.05) is 32.7 Å². The number of ketones is 1. The Bertz CT molecular complexity index is 779. The number of aromatic amines is 1. The van der Waals surface area contributed by atoms with Gasteiger partial charge in [-0.2, -0.15) is 0 Å². The van der Waals surface area contributed by atoms with Crippen LogP contribution in [0.15, 0.2) is 53.1 Å². The lowest BCUT2D eigenvalue weighted by Gasteiger charge is -2.03. The molecular formula is C15H9BrClNO. The normalized spacial score (nSPS) is 10.8. The highest BCUT2D eigenvalue weighted by Gasteiger charge is 2.17. The van der Waals surface area contributed by atoms with E-state index < -0.39 is 0 Å². The van der Waals surface area contributed by atoms with E-state index in [0.717, 1.165) is 15.4 Å². The summed E-state index contributed by atoms with van der Waals surface area (Å²) >= 11 is 9.59. The van der Waals surface area contributed by atoms with Crippen LogP contribution >= 0.6 is 27.5 Å². The van der Waals surface area contributed by atoms with E-state index in [9.17, 15) is 4.79 Å². The van der Waals surface area contributed by atoms with Gasteiger partial charge in [-0.25, -0.2) is 0 Å². The minimum absolute atomic E-state index is 0.0492. The van der Waals surface area contributed by atoms with Crippen LogP contribution in [0.2, 0.25) is 5.02 Å². The van der Waals surface area contributed by atoms with E-state index in [1.807, 2.05) is 30.3 Å². The van der Waals surface area contributed by atoms with Crippen LogP contribution in [0.4, 0.5) is 0 Å². The monoisotopic (exact) mass is 333 g/mol. The molecule has 0 fully saturated rings. The van der Waals surface area contributed by atoms with E-state index in [-0.39, 0.29) is 5.78 Å². The molecule has 0 radical (unpaired) electrons. The summed E-state index contributed by atoms with van der Waals surface area (Å²) < 4.78 is 0.779. The number of halogens is 2. The number of carbonyl (C=O) groups is 1. The van der Waals surface area contributed by atoms with Crippen molar-refractivity contribution < 1.29 is 4.79 Å². The van der Waals surface area contributed by atoms with Gasteiger partial charge >= 0.3 is 0 Å². The van der Waals surface area contributed by atoms with Gasteiger partial charge in [0.05, 0.1) is 5.02 Å². The second kappa shape index (κ2) is 4.83. The Morgan fingerprint density at radius 1 is 1.05 bits per heavy atom. The quantitative estimate of drug-likeness (QED) is 0.670. The molecule has 1 N–H and O–H groups in total. The van der Waals surface area contributed by atoms with Gasteiger partial charge in [0.1, 0.15) is 0 Å². The minimum atomic E-state index is -0.0492. The summed E-state index contributed by atoms with van der Waals surface area (Å²) in [5.41, 5.74) is 2.08. The third-order valence-electron chi connectivity index (χ3n) is 3.02. The van der Waals surface area contributed by atoms with Crippen molar-refractivity contribution in [1.82, 2.24) is 4.98 Å². The topological polar surface area (TPSA) is 32.9 Å². The number of H-pyrrole nitrogens is 1. The van der Waals surface area contributed by atoms with E-state index in [4.69, 9.17) is 11.6 Å². The zero-order chi connectivity index (χ0) is 13.4. The SMILES string of the molecule is O=C(c1ccccc1Br)c1c[nH]c2cccc(Cl)c12. The van der Waals surface area contributed by atoms with Gasteiger partial charge in [-0.1, -0.05) is 45.7 Å². The molecule has 3 rings (SSSR count). The maximum absolute atomic E-state index is 12.6. The maximum Gasteiger partial charge on any atom is 0.196 e. The molecule has 0 amide bonds. The lowest BCUT2D eigenvalue weighted by Crippen LogP contribution is -2.01. The van der Waals surface area contributed by atoms with Crippen molar-refractivity contribution in [3.63, 3.8) is 0 Å². The number of rotatable bonds is 2. The summed E-state index contributed by atoms with van der Waals surface area (Å²) in [4.78, 5) is 15.7. The predicted molar refractivity (Wildman–Crippen MR) is 80.9 cm³/mol. The van der Waals surface area contributed by atoms with E-state index in [1.165, 1.54) is 0 Å². The van der Waals surface area contributed by atoms with E-state index >= 15 is 0 Å². The largest absolute Gasteiger partial charge is 0.360 e.